The molecule has 0 aliphatic carbocycles. The van der Waals surface area contributed by atoms with Crippen LogP contribution in [0.3, 0.4) is 0 Å². The summed E-state index contributed by atoms with van der Waals surface area (Å²) < 4.78 is 3.74. The molecule has 0 radical (unpaired) electrons. The second kappa shape index (κ2) is 7.65. The predicted molar refractivity (Wildman–Crippen MR) is 113 cm³/mol. The zero-order valence-electron chi connectivity index (χ0n) is 16.8. The molecular formula is C21H27N5O2S. The highest BCUT2D eigenvalue weighted by Crippen LogP contribution is 2.35. The van der Waals surface area contributed by atoms with Crippen molar-refractivity contribution in [3.05, 3.63) is 51.7 Å². The summed E-state index contributed by atoms with van der Waals surface area (Å²) in [7, 11) is 1.94. The van der Waals surface area contributed by atoms with Gasteiger partial charge >= 0.3 is 0 Å². The number of aromatic nitrogens is 3. The van der Waals surface area contributed by atoms with Gasteiger partial charge in [-0.1, -0.05) is 0 Å². The molecule has 29 heavy (non-hydrogen) atoms. The summed E-state index contributed by atoms with van der Waals surface area (Å²) in [6.07, 6.45) is 5.12. The van der Waals surface area contributed by atoms with Crippen LogP contribution < -0.4 is 5.56 Å². The molecule has 0 saturated carbocycles. The third-order valence-electron chi connectivity index (χ3n) is 6.37. The molecule has 2 saturated heterocycles. The number of amides is 1. The number of carbonyl (C=O) groups excluding carboxylic acids is 1. The SMILES string of the molecule is Cn1cc(CN2C[C@@H]3C[C@H](C2)c2ccc(C(=O)N4CCSCC4)c(=O)n2C3)cn1. The Morgan fingerprint density at radius 2 is 2.03 bits per heavy atom. The number of likely N-dealkylation sites (tertiary alicyclic amines) is 1. The average Bonchev–Trinajstić information content (AvgIpc) is 3.13. The second-order valence-electron chi connectivity index (χ2n) is 8.51. The molecule has 1 amide bonds. The first-order chi connectivity index (χ1) is 14.1. The van der Waals surface area contributed by atoms with Crippen LogP contribution in [0.2, 0.25) is 0 Å². The van der Waals surface area contributed by atoms with E-state index in [1.165, 1.54) is 5.56 Å². The molecule has 3 aliphatic rings. The molecule has 0 aromatic carbocycles. The molecule has 0 spiro atoms. The van der Waals surface area contributed by atoms with Crippen LogP contribution in [0.15, 0.2) is 29.3 Å². The van der Waals surface area contributed by atoms with Crippen LogP contribution in [0.5, 0.6) is 0 Å². The normalized spacial score (nSPS) is 24.4. The third-order valence-corrected chi connectivity index (χ3v) is 7.32. The number of pyridine rings is 1. The number of carbonyl (C=O) groups is 1. The molecule has 2 aromatic rings. The number of thioether (sulfide) groups is 1. The molecule has 5 rings (SSSR count). The average molecular weight is 414 g/mol. The summed E-state index contributed by atoms with van der Waals surface area (Å²) in [5.74, 6) is 2.61. The zero-order chi connectivity index (χ0) is 20.0. The molecule has 2 fully saturated rings. The number of nitrogens with zero attached hydrogens (tertiary/aromatic N) is 5. The molecule has 154 valence electrons. The summed E-state index contributed by atoms with van der Waals surface area (Å²) in [6.45, 7) is 5.01. The summed E-state index contributed by atoms with van der Waals surface area (Å²) in [5.41, 5.74) is 2.56. The highest BCUT2D eigenvalue weighted by molar-refractivity contribution is 7.99. The number of aryl methyl sites for hydroxylation is 1. The lowest BCUT2D eigenvalue weighted by Crippen LogP contribution is -2.48. The Labute approximate surface area is 174 Å². The van der Waals surface area contributed by atoms with E-state index in [9.17, 15) is 9.59 Å². The van der Waals surface area contributed by atoms with Gasteiger partial charge in [-0.15, -0.1) is 0 Å². The van der Waals surface area contributed by atoms with E-state index in [2.05, 4.69) is 16.2 Å². The van der Waals surface area contributed by atoms with Gasteiger partial charge in [-0.2, -0.15) is 16.9 Å². The van der Waals surface area contributed by atoms with Crippen LogP contribution in [-0.2, 0) is 20.1 Å². The molecule has 3 aliphatic heterocycles. The quantitative estimate of drug-likeness (QED) is 0.761. The molecular weight excluding hydrogens is 386 g/mol. The van der Waals surface area contributed by atoms with Gasteiger partial charge in [-0.25, -0.2) is 0 Å². The van der Waals surface area contributed by atoms with E-state index in [4.69, 9.17) is 0 Å². The van der Waals surface area contributed by atoms with Gasteiger partial charge in [0.15, 0.2) is 0 Å². The number of fused-ring (bicyclic) bond motifs is 4. The van der Waals surface area contributed by atoms with E-state index in [1.807, 2.05) is 45.2 Å². The molecule has 0 N–H and O–H groups in total. The van der Waals surface area contributed by atoms with E-state index in [0.717, 1.165) is 56.3 Å². The number of hydrogen-bond donors (Lipinski definition) is 0. The molecule has 2 atom stereocenters. The number of rotatable bonds is 3. The Kier molecular flexibility index (Phi) is 4.99. The van der Waals surface area contributed by atoms with Gasteiger partial charge < -0.3 is 9.47 Å². The van der Waals surface area contributed by atoms with Crippen molar-refractivity contribution in [1.29, 1.82) is 0 Å². The van der Waals surface area contributed by atoms with Crippen LogP contribution in [0, 0.1) is 5.92 Å². The maximum absolute atomic E-state index is 13.2. The van der Waals surface area contributed by atoms with Crippen molar-refractivity contribution in [3.63, 3.8) is 0 Å². The van der Waals surface area contributed by atoms with Gasteiger partial charge in [-0.3, -0.25) is 19.2 Å². The fourth-order valence-electron chi connectivity index (χ4n) is 5.09. The minimum Gasteiger partial charge on any atom is -0.337 e. The van der Waals surface area contributed by atoms with Crippen molar-refractivity contribution < 1.29 is 4.79 Å². The fourth-order valence-corrected chi connectivity index (χ4v) is 5.99. The maximum atomic E-state index is 13.2. The standard InChI is InChI=1S/C21H27N5O2S/c1-23-10-16(9-22-23)12-24-11-15-8-17(14-24)19-3-2-18(21(28)26(19)13-15)20(27)25-4-6-29-7-5-25/h2-3,9-10,15,17H,4-8,11-14H2,1H3/t15-,17+/m0/s1. The monoisotopic (exact) mass is 413 g/mol. The third kappa shape index (κ3) is 3.64. The largest absolute Gasteiger partial charge is 0.337 e. The van der Waals surface area contributed by atoms with Crippen LogP contribution in [0.1, 0.15) is 34.0 Å². The summed E-state index contributed by atoms with van der Waals surface area (Å²) >= 11 is 1.86. The van der Waals surface area contributed by atoms with E-state index in [0.29, 0.717) is 23.9 Å². The predicted octanol–water partition coefficient (Wildman–Crippen LogP) is 1.39. The van der Waals surface area contributed by atoms with Gasteiger partial charge in [0.1, 0.15) is 5.56 Å². The van der Waals surface area contributed by atoms with E-state index < -0.39 is 0 Å². The van der Waals surface area contributed by atoms with Crippen molar-refractivity contribution in [3.8, 4) is 0 Å². The van der Waals surface area contributed by atoms with Gasteiger partial charge in [0, 0.05) is 81.2 Å². The minimum atomic E-state index is -0.0977. The highest BCUT2D eigenvalue weighted by Gasteiger charge is 2.35. The van der Waals surface area contributed by atoms with Crippen molar-refractivity contribution in [1.82, 2.24) is 24.1 Å². The number of piperidine rings is 1. The number of hydrogen-bond acceptors (Lipinski definition) is 5. The van der Waals surface area contributed by atoms with Gasteiger partial charge in [-0.05, 0) is 24.5 Å². The smallest absolute Gasteiger partial charge is 0.263 e. The van der Waals surface area contributed by atoms with Crippen molar-refractivity contribution in [2.45, 2.75) is 25.4 Å². The lowest BCUT2D eigenvalue weighted by atomic mass is 9.83. The minimum absolute atomic E-state index is 0.0962. The van der Waals surface area contributed by atoms with Gasteiger partial charge in [0.25, 0.3) is 11.5 Å². The maximum Gasteiger partial charge on any atom is 0.263 e. The van der Waals surface area contributed by atoms with Crippen molar-refractivity contribution >= 4 is 17.7 Å². The fraction of sp³-hybridized carbons (Fsp3) is 0.571. The van der Waals surface area contributed by atoms with Crippen molar-refractivity contribution in [2.24, 2.45) is 13.0 Å². The topological polar surface area (TPSA) is 63.4 Å². The molecule has 8 heteroatoms. The Bertz CT molecular complexity index is 978. The molecule has 0 unspecified atom stereocenters. The first kappa shape index (κ1) is 18.9. The molecule has 5 heterocycles. The van der Waals surface area contributed by atoms with Crippen LogP contribution in [-0.4, -0.2) is 67.7 Å². The summed E-state index contributed by atoms with van der Waals surface area (Å²) in [5, 5.41) is 4.27. The van der Waals surface area contributed by atoms with E-state index in [1.54, 1.807) is 6.07 Å². The lowest BCUT2D eigenvalue weighted by molar-refractivity contribution is 0.0767. The Hall–Kier alpha value is -2.06. The Balaban J connectivity index is 1.37. The molecule has 2 aromatic heterocycles. The van der Waals surface area contributed by atoms with Gasteiger partial charge in [0.05, 0.1) is 6.20 Å². The van der Waals surface area contributed by atoms with Crippen LogP contribution in [0.4, 0.5) is 0 Å². The second-order valence-corrected chi connectivity index (χ2v) is 9.73. The van der Waals surface area contributed by atoms with Crippen LogP contribution in [0.25, 0.3) is 0 Å². The van der Waals surface area contributed by atoms with Crippen LogP contribution >= 0.6 is 11.8 Å². The molecule has 2 bridgehead atoms. The molecule has 7 nitrogen and oxygen atoms in total. The van der Waals surface area contributed by atoms with E-state index >= 15 is 0 Å². The zero-order valence-corrected chi connectivity index (χ0v) is 17.6. The Morgan fingerprint density at radius 3 is 2.79 bits per heavy atom. The Morgan fingerprint density at radius 1 is 1.21 bits per heavy atom. The summed E-state index contributed by atoms with van der Waals surface area (Å²) in [6, 6.07) is 3.81. The van der Waals surface area contributed by atoms with Crippen molar-refractivity contribution in [2.75, 3.05) is 37.7 Å². The van der Waals surface area contributed by atoms with Gasteiger partial charge in [0.2, 0.25) is 0 Å². The summed E-state index contributed by atoms with van der Waals surface area (Å²) in [4.78, 5) is 30.4. The first-order valence-electron chi connectivity index (χ1n) is 10.4. The van der Waals surface area contributed by atoms with E-state index in [-0.39, 0.29) is 11.5 Å². The highest BCUT2D eigenvalue weighted by atomic mass is 32.2. The lowest BCUT2D eigenvalue weighted by Gasteiger charge is -2.43. The first-order valence-corrected chi connectivity index (χ1v) is 11.5.